The highest BCUT2D eigenvalue weighted by atomic mass is 16.5. The lowest BCUT2D eigenvalue weighted by atomic mass is 9.79. The summed E-state index contributed by atoms with van der Waals surface area (Å²) in [4.78, 5) is 0. The second kappa shape index (κ2) is 4.81. The Morgan fingerprint density at radius 3 is 2.44 bits per heavy atom. The number of ether oxygens (including phenoxy) is 2. The molecule has 0 amide bonds. The maximum atomic E-state index is 6.04. The summed E-state index contributed by atoms with van der Waals surface area (Å²) in [5.74, 6) is 1.77. The minimum atomic E-state index is 0.171. The summed E-state index contributed by atoms with van der Waals surface area (Å²) in [7, 11) is 0. The van der Waals surface area contributed by atoms with Crippen molar-refractivity contribution in [3.8, 4) is 11.5 Å². The van der Waals surface area contributed by atoms with E-state index in [0.29, 0.717) is 0 Å². The Morgan fingerprint density at radius 2 is 1.72 bits per heavy atom. The molecule has 0 radical (unpaired) electrons. The van der Waals surface area contributed by atoms with Gasteiger partial charge in [0.05, 0.1) is 13.2 Å². The normalized spacial score (nSPS) is 21.6. The smallest absolute Gasteiger partial charge is 0.161 e. The van der Waals surface area contributed by atoms with E-state index in [1.54, 1.807) is 0 Å². The van der Waals surface area contributed by atoms with E-state index in [1.807, 2.05) is 6.07 Å². The van der Waals surface area contributed by atoms with Crippen LogP contribution in [0.15, 0.2) is 18.2 Å². The van der Waals surface area contributed by atoms with Crippen molar-refractivity contribution in [3.63, 3.8) is 0 Å². The third kappa shape index (κ3) is 1.97. The van der Waals surface area contributed by atoms with Gasteiger partial charge in [0, 0.05) is 18.4 Å². The quantitative estimate of drug-likeness (QED) is 0.873. The number of benzene rings is 1. The van der Waals surface area contributed by atoms with Crippen LogP contribution in [0.25, 0.3) is 0 Å². The summed E-state index contributed by atoms with van der Waals surface area (Å²) in [6.45, 7) is 2.22. The largest absolute Gasteiger partial charge is 0.490 e. The molecule has 0 aromatic heterocycles. The summed E-state index contributed by atoms with van der Waals surface area (Å²) in [5.41, 5.74) is 7.53. The van der Waals surface area contributed by atoms with E-state index in [9.17, 15) is 0 Å². The van der Waals surface area contributed by atoms with E-state index in [1.165, 1.54) is 31.2 Å². The molecule has 2 N–H and O–H groups in total. The molecular weight excluding hydrogens is 226 g/mol. The molecule has 1 heterocycles. The first kappa shape index (κ1) is 11.8. The van der Waals surface area contributed by atoms with Crippen molar-refractivity contribution in [3.05, 3.63) is 23.8 Å². The zero-order valence-corrected chi connectivity index (χ0v) is 10.8. The second-order valence-electron chi connectivity index (χ2n) is 5.40. The van der Waals surface area contributed by atoms with E-state index >= 15 is 0 Å². The molecule has 1 saturated carbocycles. The second-order valence-corrected chi connectivity index (χ2v) is 5.40. The molecule has 3 rings (SSSR count). The van der Waals surface area contributed by atoms with E-state index < -0.39 is 0 Å². The van der Waals surface area contributed by atoms with Gasteiger partial charge in [0.15, 0.2) is 11.5 Å². The molecule has 0 saturated heterocycles. The molecule has 1 aliphatic carbocycles. The monoisotopic (exact) mass is 247 g/mol. The summed E-state index contributed by atoms with van der Waals surface area (Å²) < 4.78 is 11.4. The Hall–Kier alpha value is -1.22. The third-order valence-corrected chi connectivity index (χ3v) is 4.31. The molecule has 3 nitrogen and oxygen atoms in total. The Kier molecular flexibility index (Phi) is 3.16. The van der Waals surface area contributed by atoms with Gasteiger partial charge in [-0.3, -0.25) is 0 Å². The predicted molar refractivity (Wildman–Crippen MR) is 71.2 cm³/mol. The van der Waals surface area contributed by atoms with Gasteiger partial charge in [-0.05, 0) is 30.5 Å². The predicted octanol–water partition coefficient (Wildman–Crippen LogP) is 2.62. The van der Waals surface area contributed by atoms with Crippen molar-refractivity contribution < 1.29 is 9.47 Å². The van der Waals surface area contributed by atoms with Crippen LogP contribution in [0.5, 0.6) is 11.5 Å². The van der Waals surface area contributed by atoms with Crippen LogP contribution in [-0.4, -0.2) is 19.8 Å². The van der Waals surface area contributed by atoms with Crippen LogP contribution in [0.2, 0.25) is 0 Å². The van der Waals surface area contributed by atoms with Crippen molar-refractivity contribution in [2.45, 2.75) is 37.5 Å². The summed E-state index contributed by atoms with van der Waals surface area (Å²) in [5, 5.41) is 0. The van der Waals surface area contributed by atoms with Gasteiger partial charge in [-0.2, -0.15) is 0 Å². The number of fused-ring (bicyclic) bond motifs is 1. The maximum Gasteiger partial charge on any atom is 0.161 e. The minimum absolute atomic E-state index is 0.171. The lowest BCUT2D eigenvalue weighted by molar-refractivity contribution is 0.296. The minimum Gasteiger partial charge on any atom is -0.490 e. The molecule has 1 fully saturated rings. The SMILES string of the molecule is NCC1(c2ccc3c(c2)OCCCO3)CCCC1. The summed E-state index contributed by atoms with van der Waals surface area (Å²) >= 11 is 0. The fourth-order valence-electron chi connectivity index (χ4n) is 3.16. The number of hydrogen-bond donors (Lipinski definition) is 1. The first-order valence-corrected chi connectivity index (χ1v) is 6.94. The molecule has 0 unspecified atom stereocenters. The summed E-state index contributed by atoms with van der Waals surface area (Å²) in [6, 6.07) is 6.37. The lowest BCUT2D eigenvalue weighted by Gasteiger charge is -2.28. The molecule has 1 aliphatic heterocycles. The zero-order chi connectivity index (χ0) is 12.4. The molecule has 1 aromatic rings. The number of nitrogens with two attached hydrogens (primary N) is 1. The summed E-state index contributed by atoms with van der Waals surface area (Å²) in [6.07, 6.45) is 5.91. The number of hydrogen-bond acceptors (Lipinski definition) is 3. The Morgan fingerprint density at radius 1 is 1.00 bits per heavy atom. The van der Waals surface area contributed by atoms with Crippen molar-refractivity contribution in [1.82, 2.24) is 0 Å². The average molecular weight is 247 g/mol. The van der Waals surface area contributed by atoms with Gasteiger partial charge < -0.3 is 15.2 Å². The Balaban J connectivity index is 1.95. The first-order chi connectivity index (χ1) is 8.84. The van der Waals surface area contributed by atoms with Gasteiger partial charge in [0.25, 0.3) is 0 Å². The standard InChI is InChI=1S/C15H21NO2/c16-11-15(6-1-2-7-15)12-4-5-13-14(10-12)18-9-3-8-17-13/h4-5,10H,1-3,6-9,11,16H2. The van der Waals surface area contributed by atoms with Crippen LogP contribution in [0.3, 0.4) is 0 Å². The van der Waals surface area contributed by atoms with Gasteiger partial charge >= 0.3 is 0 Å². The van der Waals surface area contributed by atoms with Crippen LogP contribution >= 0.6 is 0 Å². The maximum absolute atomic E-state index is 6.04. The fourth-order valence-corrected chi connectivity index (χ4v) is 3.16. The van der Waals surface area contributed by atoms with Crippen molar-refractivity contribution in [2.24, 2.45) is 5.73 Å². The fraction of sp³-hybridized carbons (Fsp3) is 0.600. The Labute approximate surface area is 108 Å². The van der Waals surface area contributed by atoms with Gasteiger partial charge in [-0.25, -0.2) is 0 Å². The zero-order valence-electron chi connectivity index (χ0n) is 10.8. The van der Waals surface area contributed by atoms with Gasteiger partial charge in [0.1, 0.15) is 0 Å². The van der Waals surface area contributed by atoms with Crippen molar-refractivity contribution in [2.75, 3.05) is 19.8 Å². The van der Waals surface area contributed by atoms with Crippen LogP contribution in [-0.2, 0) is 5.41 Å². The molecule has 2 aliphatic rings. The average Bonchev–Trinajstić information content (AvgIpc) is 2.78. The van der Waals surface area contributed by atoms with E-state index in [4.69, 9.17) is 15.2 Å². The highest BCUT2D eigenvalue weighted by Crippen LogP contribution is 2.43. The van der Waals surface area contributed by atoms with Crippen LogP contribution in [0, 0.1) is 0 Å². The van der Waals surface area contributed by atoms with E-state index in [2.05, 4.69) is 12.1 Å². The van der Waals surface area contributed by atoms with Crippen molar-refractivity contribution in [1.29, 1.82) is 0 Å². The van der Waals surface area contributed by atoms with Gasteiger partial charge in [0.2, 0.25) is 0 Å². The van der Waals surface area contributed by atoms with Crippen LogP contribution in [0.1, 0.15) is 37.7 Å². The van der Waals surface area contributed by atoms with E-state index in [0.717, 1.165) is 37.7 Å². The lowest BCUT2D eigenvalue weighted by Crippen LogP contribution is -2.31. The highest BCUT2D eigenvalue weighted by molar-refractivity contribution is 5.46. The molecule has 0 atom stereocenters. The molecule has 3 heteroatoms. The third-order valence-electron chi connectivity index (χ3n) is 4.31. The molecule has 1 aromatic carbocycles. The molecule has 18 heavy (non-hydrogen) atoms. The van der Waals surface area contributed by atoms with Crippen molar-refractivity contribution >= 4 is 0 Å². The molecular formula is C15H21NO2. The van der Waals surface area contributed by atoms with Gasteiger partial charge in [-0.1, -0.05) is 18.9 Å². The van der Waals surface area contributed by atoms with Crippen LogP contribution in [0.4, 0.5) is 0 Å². The van der Waals surface area contributed by atoms with Crippen LogP contribution < -0.4 is 15.2 Å². The van der Waals surface area contributed by atoms with Gasteiger partial charge in [-0.15, -0.1) is 0 Å². The molecule has 0 spiro atoms. The first-order valence-electron chi connectivity index (χ1n) is 6.94. The van der Waals surface area contributed by atoms with E-state index in [-0.39, 0.29) is 5.41 Å². The highest BCUT2D eigenvalue weighted by Gasteiger charge is 2.34. The molecule has 0 bridgehead atoms. The molecule has 98 valence electrons. The Bertz CT molecular complexity index is 425. The number of rotatable bonds is 2. The topological polar surface area (TPSA) is 44.5 Å².